The molecule has 2 unspecified atom stereocenters. The van der Waals surface area contributed by atoms with Crippen LogP contribution in [0.3, 0.4) is 0 Å². The molecule has 0 saturated heterocycles. The normalized spacial score (nSPS) is 16.0. The maximum Gasteiger partial charge on any atom is 0.102 e. The minimum atomic E-state index is -0.360. The predicted octanol–water partition coefficient (Wildman–Crippen LogP) is 2.13. The van der Waals surface area contributed by atoms with Gasteiger partial charge < -0.3 is 5.11 Å². The molecule has 0 amide bonds. The largest absolute Gasteiger partial charge is 0.379 e. The van der Waals surface area contributed by atoms with E-state index in [4.69, 9.17) is 5.11 Å². The fraction of sp³-hybridized carbons (Fsp3) is 1.00. The van der Waals surface area contributed by atoms with Crippen LogP contribution in [-0.2, 0) is 0 Å². The van der Waals surface area contributed by atoms with Crippen molar-refractivity contribution in [1.29, 1.82) is 0 Å². The summed E-state index contributed by atoms with van der Waals surface area (Å²) < 4.78 is 0. The highest BCUT2D eigenvalue weighted by Gasteiger charge is 2.05. The van der Waals surface area contributed by atoms with Gasteiger partial charge in [0, 0.05) is 6.54 Å². The van der Waals surface area contributed by atoms with Gasteiger partial charge in [-0.25, -0.2) is 0 Å². The van der Waals surface area contributed by atoms with E-state index in [2.05, 4.69) is 19.2 Å². The SMILES string of the molecule is CCCCC(CC)CNC(C)O. The molecule has 74 valence electrons. The van der Waals surface area contributed by atoms with Crippen molar-refractivity contribution in [3.8, 4) is 0 Å². The van der Waals surface area contributed by atoms with Gasteiger partial charge in [0.05, 0.1) is 0 Å². The molecule has 2 atom stereocenters. The van der Waals surface area contributed by atoms with E-state index in [0.717, 1.165) is 12.5 Å². The zero-order valence-corrected chi connectivity index (χ0v) is 8.64. The number of aliphatic hydroxyl groups is 1. The zero-order chi connectivity index (χ0) is 9.40. The summed E-state index contributed by atoms with van der Waals surface area (Å²) in [5, 5.41) is 12.1. The van der Waals surface area contributed by atoms with E-state index in [0.29, 0.717) is 0 Å². The van der Waals surface area contributed by atoms with Crippen molar-refractivity contribution in [2.75, 3.05) is 6.54 Å². The zero-order valence-electron chi connectivity index (χ0n) is 8.64. The van der Waals surface area contributed by atoms with Crippen LogP contribution in [0.2, 0.25) is 0 Å². The number of unbranched alkanes of at least 4 members (excludes halogenated alkanes) is 1. The van der Waals surface area contributed by atoms with Gasteiger partial charge in [0.15, 0.2) is 0 Å². The Bertz CT molecular complexity index is 93.8. The lowest BCUT2D eigenvalue weighted by Crippen LogP contribution is -2.30. The van der Waals surface area contributed by atoms with Gasteiger partial charge in [0.2, 0.25) is 0 Å². The maximum atomic E-state index is 9.01. The summed E-state index contributed by atoms with van der Waals surface area (Å²) in [4.78, 5) is 0. The number of hydrogen-bond donors (Lipinski definition) is 2. The lowest BCUT2D eigenvalue weighted by atomic mass is 9.99. The number of rotatable bonds is 7. The molecule has 0 heterocycles. The van der Waals surface area contributed by atoms with Crippen LogP contribution in [-0.4, -0.2) is 17.9 Å². The van der Waals surface area contributed by atoms with Crippen molar-refractivity contribution in [2.24, 2.45) is 5.92 Å². The second-order valence-corrected chi connectivity index (χ2v) is 3.50. The minimum absolute atomic E-state index is 0.360. The Labute approximate surface area is 76.4 Å². The van der Waals surface area contributed by atoms with E-state index in [1.165, 1.54) is 25.7 Å². The summed E-state index contributed by atoms with van der Waals surface area (Å²) in [6, 6.07) is 0. The third-order valence-corrected chi connectivity index (χ3v) is 2.25. The smallest absolute Gasteiger partial charge is 0.102 e. The van der Waals surface area contributed by atoms with Gasteiger partial charge in [0.25, 0.3) is 0 Å². The summed E-state index contributed by atoms with van der Waals surface area (Å²) in [6.07, 6.45) is 4.71. The van der Waals surface area contributed by atoms with Gasteiger partial charge in [-0.3, -0.25) is 5.32 Å². The second kappa shape index (κ2) is 7.56. The Morgan fingerprint density at radius 3 is 2.42 bits per heavy atom. The monoisotopic (exact) mass is 173 g/mol. The highest BCUT2D eigenvalue weighted by molar-refractivity contribution is 4.60. The molecule has 0 bridgehead atoms. The molecular weight excluding hydrogens is 150 g/mol. The van der Waals surface area contributed by atoms with Crippen LogP contribution < -0.4 is 5.32 Å². The van der Waals surface area contributed by atoms with Crippen LogP contribution in [0.1, 0.15) is 46.5 Å². The molecule has 2 heteroatoms. The fourth-order valence-corrected chi connectivity index (χ4v) is 1.28. The number of nitrogens with one attached hydrogen (secondary N) is 1. The quantitative estimate of drug-likeness (QED) is 0.578. The predicted molar refractivity (Wildman–Crippen MR) is 53.0 cm³/mol. The van der Waals surface area contributed by atoms with Crippen molar-refractivity contribution in [3.05, 3.63) is 0 Å². The lowest BCUT2D eigenvalue weighted by molar-refractivity contribution is 0.148. The Kier molecular flexibility index (Phi) is 7.51. The van der Waals surface area contributed by atoms with Crippen LogP contribution in [0.4, 0.5) is 0 Å². The van der Waals surface area contributed by atoms with E-state index in [9.17, 15) is 0 Å². The third kappa shape index (κ3) is 6.62. The van der Waals surface area contributed by atoms with Crippen LogP contribution in [0.25, 0.3) is 0 Å². The Hall–Kier alpha value is -0.0800. The first kappa shape index (κ1) is 11.9. The summed E-state index contributed by atoms with van der Waals surface area (Å²) in [6.45, 7) is 7.15. The molecule has 2 nitrogen and oxygen atoms in total. The third-order valence-electron chi connectivity index (χ3n) is 2.25. The molecular formula is C10H23NO. The van der Waals surface area contributed by atoms with E-state index in [1.54, 1.807) is 6.92 Å². The second-order valence-electron chi connectivity index (χ2n) is 3.50. The van der Waals surface area contributed by atoms with Gasteiger partial charge >= 0.3 is 0 Å². The van der Waals surface area contributed by atoms with Crippen molar-refractivity contribution < 1.29 is 5.11 Å². The van der Waals surface area contributed by atoms with E-state index in [-0.39, 0.29) is 6.23 Å². The van der Waals surface area contributed by atoms with E-state index in [1.807, 2.05) is 0 Å². The summed E-state index contributed by atoms with van der Waals surface area (Å²) >= 11 is 0. The molecule has 0 fully saturated rings. The van der Waals surface area contributed by atoms with Gasteiger partial charge in [-0.15, -0.1) is 0 Å². The van der Waals surface area contributed by atoms with E-state index >= 15 is 0 Å². The van der Waals surface area contributed by atoms with Crippen molar-refractivity contribution in [3.63, 3.8) is 0 Å². The molecule has 0 aliphatic heterocycles. The minimum Gasteiger partial charge on any atom is -0.379 e. The summed E-state index contributed by atoms with van der Waals surface area (Å²) in [7, 11) is 0. The van der Waals surface area contributed by atoms with Crippen molar-refractivity contribution >= 4 is 0 Å². The lowest BCUT2D eigenvalue weighted by Gasteiger charge is -2.16. The molecule has 0 saturated carbocycles. The van der Waals surface area contributed by atoms with Crippen LogP contribution in [0.5, 0.6) is 0 Å². The highest BCUT2D eigenvalue weighted by Crippen LogP contribution is 2.11. The molecule has 0 aromatic heterocycles. The standard InChI is InChI=1S/C10H23NO/c1-4-6-7-10(5-2)8-11-9(3)12/h9-12H,4-8H2,1-3H3. The Balaban J connectivity index is 3.39. The first-order valence-corrected chi connectivity index (χ1v) is 5.12. The van der Waals surface area contributed by atoms with Gasteiger partial charge in [-0.1, -0.05) is 33.1 Å². The van der Waals surface area contributed by atoms with Gasteiger partial charge in [-0.05, 0) is 19.3 Å². The van der Waals surface area contributed by atoms with Crippen LogP contribution in [0.15, 0.2) is 0 Å². The number of aliphatic hydroxyl groups excluding tert-OH is 1. The topological polar surface area (TPSA) is 32.3 Å². The molecule has 0 rings (SSSR count). The molecule has 0 aromatic carbocycles. The molecule has 12 heavy (non-hydrogen) atoms. The first-order valence-electron chi connectivity index (χ1n) is 5.12. The number of hydrogen-bond acceptors (Lipinski definition) is 2. The van der Waals surface area contributed by atoms with Crippen LogP contribution in [0, 0.1) is 5.92 Å². The molecule has 0 aliphatic carbocycles. The fourth-order valence-electron chi connectivity index (χ4n) is 1.28. The first-order chi connectivity index (χ1) is 5.70. The van der Waals surface area contributed by atoms with Crippen molar-refractivity contribution in [2.45, 2.75) is 52.7 Å². The average Bonchev–Trinajstić information content (AvgIpc) is 2.05. The summed E-state index contributed by atoms with van der Waals surface area (Å²) in [5.74, 6) is 0.736. The van der Waals surface area contributed by atoms with Crippen molar-refractivity contribution in [1.82, 2.24) is 5.32 Å². The highest BCUT2D eigenvalue weighted by atomic mass is 16.3. The molecule has 2 N–H and O–H groups in total. The molecule has 0 aliphatic rings. The molecule has 0 aromatic rings. The summed E-state index contributed by atoms with van der Waals surface area (Å²) in [5.41, 5.74) is 0. The van der Waals surface area contributed by atoms with E-state index < -0.39 is 0 Å². The van der Waals surface area contributed by atoms with Gasteiger partial charge in [-0.2, -0.15) is 0 Å². The molecule has 0 radical (unpaired) electrons. The van der Waals surface area contributed by atoms with Gasteiger partial charge in [0.1, 0.15) is 6.23 Å². The van der Waals surface area contributed by atoms with Crippen LogP contribution >= 0.6 is 0 Å². The molecule has 0 spiro atoms. The Morgan fingerprint density at radius 1 is 1.33 bits per heavy atom. The average molecular weight is 173 g/mol. The maximum absolute atomic E-state index is 9.01. The Morgan fingerprint density at radius 2 is 2.00 bits per heavy atom.